The molecular formula is C23H29N5O2S2. The van der Waals surface area contributed by atoms with Crippen molar-refractivity contribution in [3.8, 4) is 0 Å². The maximum absolute atomic E-state index is 13.1. The van der Waals surface area contributed by atoms with Crippen LogP contribution < -0.4 is 15.8 Å². The molecule has 0 aliphatic rings. The Morgan fingerprint density at radius 3 is 2.47 bits per heavy atom. The number of hydrogen-bond donors (Lipinski definition) is 1. The van der Waals surface area contributed by atoms with Gasteiger partial charge in [0.05, 0.1) is 5.75 Å². The molecule has 2 heterocycles. The molecule has 0 spiro atoms. The number of carbonyl (C=O) groups excluding carboxylic acids is 1. The zero-order valence-corrected chi connectivity index (χ0v) is 20.8. The standard InChI is InChI=1S/C23H29N5O2S2/c1-7-10-28-21(30)19-20(25-22(32-19)27(8-2)9-3)26-23(28)31-13-17(29)24-18-15(5)11-14(4)12-16(18)6/h7,11-12H,1,8-10,13H2,2-6H3,(H,24,29). The summed E-state index contributed by atoms with van der Waals surface area (Å²) < 4.78 is 2.08. The van der Waals surface area contributed by atoms with Gasteiger partial charge in [0.15, 0.2) is 15.9 Å². The van der Waals surface area contributed by atoms with Crippen molar-refractivity contribution in [1.82, 2.24) is 14.5 Å². The highest BCUT2D eigenvalue weighted by atomic mass is 32.2. The van der Waals surface area contributed by atoms with E-state index in [0.717, 1.165) is 40.6 Å². The van der Waals surface area contributed by atoms with Crippen molar-refractivity contribution in [1.29, 1.82) is 0 Å². The van der Waals surface area contributed by atoms with Gasteiger partial charge in [-0.3, -0.25) is 14.2 Å². The van der Waals surface area contributed by atoms with Gasteiger partial charge in [-0.25, -0.2) is 4.98 Å². The highest BCUT2D eigenvalue weighted by Gasteiger charge is 2.18. The molecule has 0 bridgehead atoms. The van der Waals surface area contributed by atoms with Crippen LogP contribution in [0.4, 0.5) is 10.8 Å². The van der Waals surface area contributed by atoms with E-state index in [2.05, 4.69) is 40.6 Å². The molecular weight excluding hydrogens is 442 g/mol. The topological polar surface area (TPSA) is 80.1 Å². The van der Waals surface area contributed by atoms with Crippen molar-refractivity contribution < 1.29 is 4.79 Å². The molecule has 0 saturated carbocycles. The molecule has 2 aromatic heterocycles. The lowest BCUT2D eigenvalue weighted by molar-refractivity contribution is -0.113. The minimum absolute atomic E-state index is 0.134. The van der Waals surface area contributed by atoms with Gasteiger partial charge in [0, 0.05) is 25.3 Å². The van der Waals surface area contributed by atoms with Crippen LogP contribution >= 0.6 is 23.1 Å². The normalized spacial score (nSPS) is 11.0. The van der Waals surface area contributed by atoms with Gasteiger partial charge in [-0.2, -0.15) is 4.98 Å². The number of aromatic nitrogens is 3. The molecule has 0 atom stereocenters. The average molecular weight is 472 g/mol. The number of nitrogens with one attached hydrogen (secondary N) is 1. The van der Waals surface area contributed by atoms with Crippen LogP contribution in [0.15, 0.2) is 34.7 Å². The van der Waals surface area contributed by atoms with E-state index in [1.54, 1.807) is 10.6 Å². The first kappa shape index (κ1) is 24.0. The second-order valence-corrected chi connectivity index (χ2v) is 9.45. The van der Waals surface area contributed by atoms with Crippen LogP contribution in [0.1, 0.15) is 30.5 Å². The van der Waals surface area contributed by atoms with Gasteiger partial charge < -0.3 is 10.2 Å². The molecule has 32 heavy (non-hydrogen) atoms. The first-order valence-corrected chi connectivity index (χ1v) is 12.4. The Kier molecular flexibility index (Phi) is 7.73. The summed E-state index contributed by atoms with van der Waals surface area (Å²) in [6.45, 7) is 15.8. The summed E-state index contributed by atoms with van der Waals surface area (Å²) in [5, 5.41) is 4.24. The molecule has 0 saturated heterocycles. The quantitative estimate of drug-likeness (QED) is 0.280. The largest absolute Gasteiger partial charge is 0.349 e. The molecule has 3 aromatic rings. The van der Waals surface area contributed by atoms with Gasteiger partial charge >= 0.3 is 0 Å². The number of benzene rings is 1. The summed E-state index contributed by atoms with van der Waals surface area (Å²) in [6.07, 6.45) is 1.66. The van der Waals surface area contributed by atoms with E-state index < -0.39 is 0 Å². The van der Waals surface area contributed by atoms with E-state index in [1.165, 1.54) is 23.1 Å². The van der Waals surface area contributed by atoms with Crippen molar-refractivity contribution >= 4 is 50.2 Å². The first-order valence-electron chi connectivity index (χ1n) is 10.6. The van der Waals surface area contributed by atoms with Gasteiger partial charge in [0.2, 0.25) is 5.91 Å². The summed E-state index contributed by atoms with van der Waals surface area (Å²) >= 11 is 2.59. The summed E-state index contributed by atoms with van der Waals surface area (Å²) in [5.74, 6) is -0.0128. The zero-order valence-electron chi connectivity index (χ0n) is 19.2. The lowest BCUT2D eigenvalue weighted by Crippen LogP contribution is -2.23. The van der Waals surface area contributed by atoms with Crippen LogP contribution in [-0.2, 0) is 11.3 Å². The Morgan fingerprint density at radius 2 is 1.88 bits per heavy atom. The zero-order chi connectivity index (χ0) is 23.4. The maximum Gasteiger partial charge on any atom is 0.274 e. The van der Waals surface area contributed by atoms with Crippen molar-refractivity contribution in [2.45, 2.75) is 46.3 Å². The highest BCUT2D eigenvalue weighted by molar-refractivity contribution is 7.99. The van der Waals surface area contributed by atoms with Crippen molar-refractivity contribution in [3.63, 3.8) is 0 Å². The van der Waals surface area contributed by atoms with Crippen LogP contribution in [0.2, 0.25) is 0 Å². The van der Waals surface area contributed by atoms with Crippen LogP contribution in [0.3, 0.4) is 0 Å². The Morgan fingerprint density at radius 1 is 1.22 bits per heavy atom. The SMILES string of the molecule is C=CCn1c(SCC(=O)Nc2c(C)cc(C)cc2C)nc2nc(N(CC)CC)sc2c1=O. The molecule has 0 aliphatic carbocycles. The number of rotatable bonds is 9. The fraction of sp³-hybridized carbons (Fsp3) is 0.391. The van der Waals surface area contributed by atoms with Crippen LogP contribution in [0.5, 0.6) is 0 Å². The second-order valence-electron chi connectivity index (χ2n) is 7.53. The molecule has 1 aromatic carbocycles. The molecule has 0 radical (unpaired) electrons. The fourth-order valence-corrected chi connectivity index (χ4v) is 5.47. The lowest BCUT2D eigenvalue weighted by atomic mass is 10.1. The molecule has 0 unspecified atom stereocenters. The Labute approximate surface area is 196 Å². The number of thiazole rings is 1. The predicted molar refractivity (Wildman–Crippen MR) is 135 cm³/mol. The predicted octanol–water partition coefficient (Wildman–Crippen LogP) is 4.54. The van der Waals surface area contributed by atoms with E-state index in [1.807, 2.05) is 32.9 Å². The highest BCUT2D eigenvalue weighted by Crippen LogP contribution is 2.28. The summed E-state index contributed by atoms with van der Waals surface area (Å²) in [5.41, 5.74) is 4.31. The molecule has 9 heteroatoms. The van der Waals surface area contributed by atoms with E-state index in [0.29, 0.717) is 22.0 Å². The van der Waals surface area contributed by atoms with Gasteiger partial charge in [0.25, 0.3) is 5.56 Å². The van der Waals surface area contributed by atoms with Crippen molar-refractivity contribution in [3.05, 3.63) is 51.8 Å². The number of carbonyl (C=O) groups is 1. The number of anilines is 2. The van der Waals surface area contributed by atoms with Crippen LogP contribution in [-0.4, -0.2) is 39.3 Å². The third-order valence-electron chi connectivity index (χ3n) is 5.09. The lowest BCUT2D eigenvalue weighted by Gasteiger charge is -2.15. The molecule has 3 rings (SSSR count). The number of fused-ring (bicyclic) bond motifs is 1. The Bertz CT molecular complexity index is 1190. The summed E-state index contributed by atoms with van der Waals surface area (Å²) in [6, 6.07) is 4.09. The summed E-state index contributed by atoms with van der Waals surface area (Å²) in [4.78, 5) is 37.1. The van der Waals surface area contributed by atoms with Gasteiger partial charge in [0.1, 0.15) is 4.70 Å². The minimum Gasteiger partial charge on any atom is -0.349 e. The van der Waals surface area contributed by atoms with Crippen molar-refractivity contribution in [2.24, 2.45) is 0 Å². The fourth-order valence-electron chi connectivity index (χ4n) is 3.59. The Balaban J connectivity index is 1.87. The molecule has 1 amide bonds. The summed E-state index contributed by atoms with van der Waals surface area (Å²) in [7, 11) is 0. The van der Waals surface area contributed by atoms with E-state index in [-0.39, 0.29) is 17.2 Å². The second kappa shape index (κ2) is 10.3. The van der Waals surface area contributed by atoms with E-state index >= 15 is 0 Å². The van der Waals surface area contributed by atoms with Crippen LogP contribution in [0, 0.1) is 20.8 Å². The number of amides is 1. The third kappa shape index (κ3) is 5.05. The number of aryl methyl sites for hydroxylation is 3. The molecule has 0 fully saturated rings. The monoisotopic (exact) mass is 471 g/mol. The number of allylic oxidation sites excluding steroid dienone is 1. The number of hydrogen-bond acceptors (Lipinski definition) is 7. The smallest absolute Gasteiger partial charge is 0.274 e. The van der Waals surface area contributed by atoms with Gasteiger partial charge in [-0.15, -0.1) is 6.58 Å². The molecule has 7 nitrogen and oxygen atoms in total. The molecule has 1 N–H and O–H groups in total. The average Bonchev–Trinajstić information content (AvgIpc) is 3.16. The molecule has 170 valence electrons. The van der Waals surface area contributed by atoms with E-state index in [4.69, 9.17) is 0 Å². The number of thioether (sulfide) groups is 1. The maximum atomic E-state index is 13.1. The number of nitrogens with zero attached hydrogens (tertiary/aromatic N) is 4. The van der Waals surface area contributed by atoms with E-state index in [9.17, 15) is 9.59 Å². The third-order valence-corrected chi connectivity index (χ3v) is 7.16. The minimum atomic E-state index is -0.154. The van der Waals surface area contributed by atoms with Crippen LogP contribution in [0.25, 0.3) is 10.3 Å². The molecule has 0 aliphatic heterocycles. The van der Waals surface area contributed by atoms with Gasteiger partial charge in [-0.1, -0.05) is 46.9 Å². The van der Waals surface area contributed by atoms with Gasteiger partial charge in [-0.05, 0) is 45.7 Å². The first-order chi connectivity index (χ1) is 15.3. The van der Waals surface area contributed by atoms with Crippen molar-refractivity contribution in [2.75, 3.05) is 29.1 Å². The Hall–Kier alpha value is -2.65.